The number of benzene rings is 2. The Morgan fingerprint density at radius 1 is 1.07 bits per heavy atom. The maximum atomic E-state index is 13.0. The first-order valence-corrected chi connectivity index (χ1v) is 10.4. The van der Waals surface area contributed by atoms with Crippen LogP contribution in [0.4, 0.5) is 15.8 Å². The van der Waals surface area contributed by atoms with Gasteiger partial charge in [0.05, 0.1) is 11.9 Å². The molecule has 1 heterocycles. The van der Waals surface area contributed by atoms with Crippen molar-refractivity contribution < 1.29 is 22.3 Å². The molecule has 2 aromatic rings. The fourth-order valence-corrected chi connectivity index (χ4v) is 4.35. The van der Waals surface area contributed by atoms with Crippen molar-refractivity contribution in [2.45, 2.75) is 18.9 Å². The van der Waals surface area contributed by atoms with Crippen molar-refractivity contribution in [1.82, 2.24) is 0 Å². The zero-order chi connectivity index (χ0) is 19.4. The highest BCUT2D eigenvalue weighted by Gasteiger charge is 2.28. The van der Waals surface area contributed by atoms with Crippen LogP contribution in [0.3, 0.4) is 0 Å². The number of carbonyl (C=O) groups excluding carboxylic acids is 1. The number of halogens is 1. The number of ether oxygens (including phenoxy) is 1. The maximum absolute atomic E-state index is 13.0. The summed E-state index contributed by atoms with van der Waals surface area (Å²) < 4.78 is 44.3. The van der Waals surface area contributed by atoms with E-state index in [0.29, 0.717) is 43.0 Å². The molecular formula is C19H21FN2O4S. The summed E-state index contributed by atoms with van der Waals surface area (Å²) in [6.45, 7) is 1.06. The molecule has 2 aromatic carbocycles. The van der Waals surface area contributed by atoms with Gasteiger partial charge in [0, 0.05) is 30.5 Å². The molecule has 0 radical (unpaired) electrons. The first-order chi connectivity index (χ1) is 12.8. The van der Waals surface area contributed by atoms with Gasteiger partial charge in [0.1, 0.15) is 5.82 Å². The topological polar surface area (TPSA) is 75.7 Å². The molecule has 0 saturated carbocycles. The van der Waals surface area contributed by atoms with Crippen LogP contribution in [0.5, 0.6) is 0 Å². The van der Waals surface area contributed by atoms with Gasteiger partial charge in [-0.15, -0.1) is 0 Å². The summed E-state index contributed by atoms with van der Waals surface area (Å²) in [5, 5.41) is 2.71. The molecule has 0 spiro atoms. The number of hydrogen-bond donors (Lipinski definition) is 1. The van der Waals surface area contributed by atoms with E-state index < -0.39 is 15.8 Å². The average Bonchev–Trinajstić information content (AvgIpc) is 2.63. The lowest BCUT2D eigenvalue weighted by molar-refractivity contribution is 0.0875. The van der Waals surface area contributed by atoms with Crippen LogP contribution >= 0.6 is 0 Å². The molecule has 1 saturated heterocycles. The number of carbonyl (C=O) groups is 1. The molecule has 8 heteroatoms. The van der Waals surface area contributed by atoms with Crippen LogP contribution < -0.4 is 9.62 Å². The molecule has 1 fully saturated rings. The molecule has 144 valence electrons. The lowest BCUT2D eigenvalue weighted by Gasteiger charge is -2.34. The number of amides is 1. The standard InChI is InChI=1S/C19H21FN2O4S/c1-27(24,25)22(18-10-12-26-13-11-18)17-8-6-16(7-9-17)21-19(23)14-2-4-15(20)5-3-14/h2-9,18H,10-13H2,1H3,(H,21,23). The van der Waals surface area contributed by atoms with Gasteiger partial charge in [0.2, 0.25) is 10.0 Å². The largest absolute Gasteiger partial charge is 0.381 e. The van der Waals surface area contributed by atoms with Gasteiger partial charge in [-0.25, -0.2) is 12.8 Å². The van der Waals surface area contributed by atoms with Gasteiger partial charge in [0.25, 0.3) is 5.91 Å². The smallest absolute Gasteiger partial charge is 0.255 e. The quantitative estimate of drug-likeness (QED) is 0.849. The molecule has 3 rings (SSSR count). The van der Waals surface area contributed by atoms with Gasteiger partial charge in [-0.05, 0) is 61.4 Å². The predicted molar refractivity (Wildman–Crippen MR) is 102 cm³/mol. The molecule has 0 aromatic heterocycles. The fraction of sp³-hybridized carbons (Fsp3) is 0.316. The number of nitrogens with one attached hydrogen (secondary N) is 1. The number of hydrogen-bond acceptors (Lipinski definition) is 4. The van der Waals surface area contributed by atoms with Crippen molar-refractivity contribution in [2.75, 3.05) is 29.1 Å². The van der Waals surface area contributed by atoms with E-state index in [2.05, 4.69) is 5.32 Å². The zero-order valence-electron chi connectivity index (χ0n) is 14.9. The summed E-state index contributed by atoms with van der Waals surface area (Å²) in [4.78, 5) is 12.2. The third kappa shape index (κ3) is 4.84. The van der Waals surface area contributed by atoms with E-state index in [1.807, 2.05) is 0 Å². The van der Waals surface area contributed by atoms with Crippen LogP contribution in [0.2, 0.25) is 0 Å². The van der Waals surface area contributed by atoms with Gasteiger partial charge in [-0.3, -0.25) is 9.10 Å². The molecular weight excluding hydrogens is 371 g/mol. The van der Waals surface area contributed by atoms with Crippen molar-refractivity contribution in [3.8, 4) is 0 Å². The van der Waals surface area contributed by atoms with E-state index in [4.69, 9.17) is 4.74 Å². The van der Waals surface area contributed by atoms with Crippen LogP contribution in [0, 0.1) is 5.82 Å². The molecule has 0 atom stereocenters. The number of anilines is 2. The Balaban J connectivity index is 1.76. The molecule has 6 nitrogen and oxygen atoms in total. The van der Waals surface area contributed by atoms with Crippen molar-refractivity contribution >= 4 is 27.3 Å². The van der Waals surface area contributed by atoms with Crippen molar-refractivity contribution in [3.05, 3.63) is 59.9 Å². The normalized spacial score (nSPS) is 15.3. The summed E-state index contributed by atoms with van der Waals surface area (Å²) in [5.74, 6) is -0.781. The Hall–Kier alpha value is -2.45. The van der Waals surface area contributed by atoms with E-state index in [0.717, 1.165) is 0 Å². The summed E-state index contributed by atoms with van der Waals surface area (Å²) in [7, 11) is -3.45. The van der Waals surface area contributed by atoms with Crippen LogP contribution in [0.1, 0.15) is 23.2 Å². The first-order valence-electron chi connectivity index (χ1n) is 8.59. The second-order valence-electron chi connectivity index (χ2n) is 6.41. The zero-order valence-corrected chi connectivity index (χ0v) is 15.7. The molecule has 0 bridgehead atoms. The summed E-state index contributed by atoms with van der Waals surface area (Å²) in [6, 6.07) is 11.7. The van der Waals surface area contributed by atoms with Gasteiger partial charge >= 0.3 is 0 Å². The minimum atomic E-state index is -3.45. The SMILES string of the molecule is CS(=O)(=O)N(c1ccc(NC(=O)c2ccc(F)cc2)cc1)C1CCOCC1. The summed E-state index contributed by atoms with van der Waals surface area (Å²) in [5.41, 5.74) is 1.40. The van der Waals surface area contributed by atoms with Gasteiger partial charge < -0.3 is 10.1 Å². The van der Waals surface area contributed by atoms with Crippen LogP contribution in [-0.4, -0.2) is 39.8 Å². The number of rotatable bonds is 5. The Bertz CT molecular complexity index is 892. The highest BCUT2D eigenvalue weighted by Crippen LogP contribution is 2.27. The molecule has 27 heavy (non-hydrogen) atoms. The van der Waals surface area contributed by atoms with E-state index in [1.54, 1.807) is 24.3 Å². The van der Waals surface area contributed by atoms with E-state index >= 15 is 0 Å². The maximum Gasteiger partial charge on any atom is 0.255 e. The molecule has 0 unspecified atom stereocenters. The van der Waals surface area contributed by atoms with Gasteiger partial charge in [-0.1, -0.05) is 0 Å². The minimum Gasteiger partial charge on any atom is -0.381 e. The van der Waals surface area contributed by atoms with Crippen LogP contribution in [-0.2, 0) is 14.8 Å². The second-order valence-corrected chi connectivity index (χ2v) is 8.27. The lowest BCUT2D eigenvalue weighted by atomic mass is 10.1. The Kier molecular flexibility index (Phi) is 5.76. The van der Waals surface area contributed by atoms with Gasteiger partial charge in [-0.2, -0.15) is 0 Å². The third-order valence-electron chi connectivity index (χ3n) is 4.37. The minimum absolute atomic E-state index is 0.145. The number of nitrogens with zero attached hydrogens (tertiary/aromatic N) is 1. The van der Waals surface area contributed by atoms with Crippen LogP contribution in [0.25, 0.3) is 0 Å². The Morgan fingerprint density at radius 3 is 2.22 bits per heavy atom. The predicted octanol–water partition coefficient (Wildman–Crippen LogP) is 3.02. The Labute approximate surface area is 158 Å². The lowest BCUT2D eigenvalue weighted by Crippen LogP contribution is -2.43. The van der Waals surface area contributed by atoms with Crippen molar-refractivity contribution in [2.24, 2.45) is 0 Å². The molecule has 1 N–H and O–H groups in total. The monoisotopic (exact) mass is 392 g/mol. The number of sulfonamides is 1. The van der Waals surface area contributed by atoms with E-state index in [9.17, 15) is 17.6 Å². The summed E-state index contributed by atoms with van der Waals surface area (Å²) in [6.07, 6.45) is 2.46. The van der Waals surface area contributed by atoms with Crippen molar-refractivity contribution in [3.63, 3.8) is 0 Å². The average molecular weight is 392 g/mol. The highest BCUT2D eigenvalue weighted by molar-refractivity contribution is 7.92. The third-order valence-corrected chi connectivity index (χ3v) is 5.59. The molecule has 0 aliphatic carbocycles. The molecule has 1 amide bonds. The molecule has 1 aliphatic heterocycles. The van der Waals surface area contributed by atoms with Crippen molar-refractivity contribution in [1.29, 1.82) is 0 Å². The van der Waals surface area contributed by atoms with Gasteiger partial charge in [0.15, 0.2) is 0 Å². The van der Waals surface area contributed by atoms with E-state index in [1.165, 1.54) is 34.8 Å². The summed E-state index contributed by atoms with van der Waals surface area (Å²) >= 11 is 0. The highest BCUT2D eigenvalue weighted by atomic mass is 32.2. The first kappa shape index (κ1) is 19.3. The second kappa shape index (κ2) is 8.06. The van der Waals surface area contributed by atoms with Crippen LogP contribution in [0.15, 0.2) is 48.5 Å². The fourth-order valence-electron chi connectivity index (χ4n) is 3.09. The molecule has 1 aliphatic rings. The van der Waals surface area contributed by atoms with E-state index in [-0.39, 0.29) is 11.9 Å². The Morgan fingerprint density at radius 2 is 1.67 bits per heavy atom.